The molecule has 15 heavy (non-hydrogen) atoms. The minimum absolute atomic E-state index is 0.330. The zero-order chi connectivity index (χ0) is 11.3. The molecule has 0 bridgehead atoms. The maximum Gasteiger partial charge on any atom is 0.348 e. The van der Waals surface area contributed by atoms with E-state index in [0.29, 0.717) is 16.4 Å². The van der Waals surface area contributed by atoms with E-state index in [1.165, 1.54) is 17.4 Å². The Morgan fingerprint density at radius 3 is 2.87 bits per heavy atom. The third-order valence-electron chi connectivity index (χ3n) is 1.49. The summed E-state index contributed by atoms with van der Waals surface area (Å²) in [4.78, 5) is 22.7. The van der Waals surface area contributed by atoms with Crippen LogP contribution in [0.2, 0.25) is 0 Å². The van der Waals surface area contributed by atoms with Gasteiger partial charge in [-0.15, -0.1) is 11.3 Å². The van der Waals surface area contributed by atoms with Crippen molar-refractivity contribution in [2.45, 2.75) is 6.92 Å². The van der Waals surface area contributed by atoms with E-state index in [1.807, 2.05) is 0 Å². The van der Waals surface area contributed by atoms with Crippen molar-refractivity contribution in [1.29, 1.82) is 0 Å². The zero-order valence-corrected chi connectivity index (χ0v) is 8.91. The number of carbonyl (C=O) groups is 2. The molecular weight excluding hydrogens is 216 g/mol. The predicted molar refractivity (Wildman–Crippen MR) is 56.9 cm³/mol. The van der Waals surface area contributed by atoms with Gasteiger partial charge in [0.25, 0.3) is 0 Å². The second kappa shape index (κ2) is 5.31. The molecule has 1 N–H and O–H groups in total. The van der Waals surface area contributed by atoms with Gasteiger partial charge in [0.15, 0.2) is 0 Å². The highest BCUT2D eigenvalue weighted by molar-refractivity contribution is 7.14. The molecule has 5 heteroatoms. The summed E-state index contributed by atoms with van der Waals surface area (Å²) in [7, 11) is 0. The molecule has 0 aliphatic rings. The van der Waals surface area contributed by atoms with Gasteiger partial charge in [-0.05, 0) is 25.1 Å². The van der Waals surface area contributed by atoms with Crippen molar-refractivity contribution in [3.63, 3.8) is 0 Å². The Morgan fingerprint density at radius 2 is 2.27 bits per heavy atom. The summed E-state index contributed by atoms with van der Waals surface area (Å²) in [6.45, 7) is 2.06. The Bertz CT molecular complexity index is 392. The van der Waals surface area contributed by atoms with Crippen LogP contribution in [0.3, 0.4) is 0 Å². The van der Waals surface area contributed by atoms with Crippen LogP contribution in [0, 0.1) is 0 Å². The van der Waals surface area contributed by atoms with Crippen molar-refractivity contribution in [2.24, 2.45) is 0 Å². The predicted octanol–water partition coefficient (Wildman–Crippen LogP) is 2.02. The maximum atomic E-state index is 11.2. The highest BCUT2D eigenvalue weighted by Gasteiger charge is 2.08. The molecule has 0 aliphatic heterocycles. The summed E-state index contributed by atoms with van der Waals surface area (Å²) in [5.74, 6) is -1.39. The Labute approximate surface area is 90.8 Å². The van der Waals surface area contributed by atoms with Crippen molar-refractivity contribution in [3.8, 4) is 0 Å². The third-order valence-corrected chi connectivity index (χ3v) is 2.52. The van der Waals surface area contributed by atoms with Gasteiger partial charge in [-0.3, -0.25) is 0 Å². The number of hydrogen-bond donors (Lipinski definition) is 1. The van der Waals surface area contributed by atoms with Crippen LogP contribution in [0.5, 0.6) is 0 Å². The van der Waals surface area contributed by atoms with Crippen LogP contribution in [0.1, 0.15) is 21.5 Å². The van der Waals surface area contributed by atoms with E-state index in [4.69, 9.17) is 9.84 Å². The minimum Gasteiger partial charge on any atom is -0.478 e. The molecule has 4 nitrogen and oxygen atoms in total. The van der Waals surface area contributed by atoms with Gasteiger partial charge < -0.3 is 9.84 Å². The van der Waals surface area contributed by atoms with Gasteiger partial charge in [-0.2, -0.15) is 0 Å². The van der Waals surface area contributed by atoms with Crippen LogP contribution >= 0.6 is 11.3 Å². The number of carboxylic acid groups (broad SMARTS) is 1. The lowest BCUT2D eigenvalue weighted by Gasteiger charge is -1.96. The van der Waals surface area contributed by atoms with Gasteiger partial charge in [-0.25, -0.2) is 9.59 Å². The Kier molecular flexibility index (Phi) is 4.05. The van der Waals surface area contributed by atoms with Crippen molar-refractivity contribution >= 4 is 29.4 Å². The molecule has 1 heterocycles. The summed E-state index contributed by atoms with van der Waals surface area (Å²) >= 11 is 1.20. The fourth-order valence-corrected chi connectivity index (χ4v) is 1.71. The molecule has 0 saturated heterocycles. The smallest absolute Gasteiger partial charge is 0.348 e. The van der Waals surface area contributed by atoms with E-state index >= 15 is 0 Å². The van der Waals surface area contributed by atoms with Crippen LogP contribution in [0.25, 0.3) is 6.08 Å². The van der Waals surface area contributed by atoms with Crippen LogP contribution in [0.4, 0.5) is 0 Å². The molecule has 1 rings (SSSR count). The topological polar surface area (TPSA) is 63.6 Å². The van der Waals surface area contributed by atoms with E-state index < -0.39 is 5.97 Å². The first-order chi connectivity index (χ1) is 7.13. The molecule has 1 aromatic rings. The Hall–Kier alpha value is -1.62. The normalized spacial score (nSPS) is 10.5. The van der Waals surface area contributed by atoms with Crippen molar-refractivity contribution < 1.29 is 19.4 Å². The van der Waals surface area contributed by atoms with E-state index in [2.05, 4.69) is 0 Å². The monoisotopic (exact) mass is 226 g/mol. The lowest BCUT2D eigenvalue weighted by Crippen LogP contribution is -2.01. The number of ether oxygens (including phenoxy) is 1. The number of hydrogen-bond acceptors (Lipinski definition) is 4. The largest absolute Gasteiger partial charge is 0.478 e. The van der Waals surface area contributed by atoms with Gasteiger partial charge in [0, 0.05) is 11.0 Å². The third kappa shape index (κ3) is 3.55. The zero-order valence-electron chi connectivity index (χ0n) is 8.10. The van der Waals surface area contributed by atoms with Crippen LogP contribution in [0.15, 0.2) is 18.2 Å². The maximum absolute atomic E-state index is 11.2. The Balaban J connectivity index is 2.72. The van der Waals surface area contributed by atoms with Crippen LogP contribution in [-0.4, -0.2) is 23.7 Å². The quantitative estimate of drug-likeness (QED) is 0.630. The molecule has 0 aliphatic carbocycles. The van der Waals surface area contributed by atoms with Gasteiger partial charge in [0.2, 0.25) is 0 Å². The van der Waals surface area contributed by atoms with Gasteiger partial charge in [0.05, 0.1) is 6.61 Å². The molecule has 0 atom stereocenters. The number of esters is 1. The minimum atomic E-state index is -1.01. The highest BCUT2D eigenvalue weighted by Crippen LogP contribution is 2.18. The number of carboxylic acids is 1. The summed E-state index contributed by atoms with van der Waals surface area (Å²) < 4.78 is 4.80. The van der Waals surface area contributed by atoms with Crippen molar-refractivity contribution in [2.75, 3.05) is 6.61 Å². The molecule has 0 aromatic carbocycles. The summed E-state index contributed by atoms with van der Waals surface area (Å²) in [6.07, 6.45) is 2.47. The number of thiophene rings is 1. The fraction of sp³-hybridized carbons (Fsp3) is 0.200. The average Bonchev–Trinajstić information content (AvgIpc) is 2.63. The number of aliphatic carboxylic acids is 1. The standard InChI is InChI=1S/C10H10O4S/c1-2-14-10(13)8-5-3-7(15-8)4-6-9(11)12/h3-6H,2H2,1H3,(H,11,12)/b6-4+. The van der Waals surface area contributed by atoms with Crippen LogP contribution in [-0.2, 0) is 9.53 Å². The van der Waals surface area contributed by atoms with E-state index in [0.717, 1.165) is 6.08 Å². The first-order valence-electron chi connectivity index (χ1n) is 4.31. The van der Waals surface area contributed by atoms with Gasteiger partial charge >= 0.3 is 11.9 Å². The van der Waals surface area contributed by atoms with Crippen molar-refractivity contribution in [1.82, 2.24) is 0 Å². The summed E-state index contributed by atoms with van der Waals surface area (Å²) in [5, 5.41) is 8.40. The molecule has 0 fully saturated rings. The first kappa shape index (κ1) is 11.5. The van der Waals surface area contributed by atoms with Gasteiger partial charge in [0.1, 0.15) is 4.88 Å². The molecule has 0 saturated carbocycles. The molecule has 0 amide bonds. The Morgan fingerprint density at radius 1 is 1.53 bits per heavy atom. The molecule has 1 aromatic heterocycles. The van der Waals surface area contributed by atoms with E-state index in [-0.39, 0.29) is 5.97 Å². The SMILES string of the molecule is CCOC(=O)c1ccc(/C=C/C(=O)O)s1. The second-order valence-electron chi connectivity index (χ2n) is 2.59. The number of rotatable bonds is 4. The molecule has 80 valence electrons. The fourth-order valence-electron chi connectivity index (χ4n) is 0.908. The van der Waals surface area contributed by atoms with Crippen molar-refractivity contribution in [3.05, 3.63) is 28.0 Å². The molecular formula is C10H10O4S. The number of carbonyl (C=O) groups excluding carboxylic acids is 1. The summed E-state index contributed by atoms with van der Waals surface area (Å²) in [5.41, 5.74) is 0. The molecule has 0 spiro atoms. The van der Waals surface area contributed by atoms with Gasteiger partial charge in [-0.1, -0.05) is 0 Å². The first-order valence-corrected chi connectivity index (χ1v) is 5.13. The van der Waals surface area contributed by atoms with E-state index in [9.17, 15) is 9.59 Å². The van der Waals surface area contributed by atoms with Crippen LogP contribution < -0.4 is 0 Å². The lowest BCUT2D eigenvalue weighted by molar-refractivity contribution is -0.131. The second-order valence-corrected chi connectivity index (χ2v) is 3.71. The molecule has 0 unspecified atom stereocenters. The van der Waals surface area contributed by atoms with E-state index in [1.54, 1.807) is 19.1 Å². The summed E-state index contributed by atoms with van der Waals surface area (Å²) in [6, 6.07) is 3.29. The average molecular weight is 226 g/mol. The lowest BCUT2D eigenvalue weighted by atomic mass is 10.4. The highest BCUT2D eigenvalue weighted by atomic mass is 32.1. The molecule has 0 radical (unpaired) electrons.